The van der Waals surface area contributed by atoms with Crippen molar-refractivity contribution < 1.29 is 24.2 Å². The molecule has 1 aromatic carbocycles. The minimum absolute atomic E-state index is 0.0118. The summed E-state index contributed by atoms with van der Waals surface area (Å²) in [4.78, 5) is 22.7. The molecule has 0 aliphatic carbocycles. The van der Waals surface area contributed by atoms with Gasteiger partial charge >= 0.3 is 11.9 Å². The molecule has 2 N–H and O–H groups in total. The number of hydrogen-bond donors (Lipinski definition) is 2. The Balaban J connectivity index is 3.10. The smallest absolute Gasteiger partial charge is 0.354 e. The Hall–Kier alpha value is -1.92. The van der Waals surface area contributed by atoms with Crippen LogP contribution in [0.1, 0.15) is 0 Å². The van der Waals surface area contributed by atoms with E-state index in [1.165, 1.54) is 19.2 Å². The van der Waals surface area contributed by atoms with Gasteiger partial charge in [0.2, 0.25) is 0 Å². The lowest BCUT2D eigenvalue weighted by molar-refractivity contribution is -0.138. The number of carbonyl (C=O) groups excluding carboxylic acids is 2. The molecule has 0 saturated carbocycles. The number of ether oxygens (including phenoxy) is 2. The minimum Gasteiger partial charge on any atom is -0.505 e. The number of nitrogens with one attached hydrogen (secondary N) is 1. The third kappa shape index (κ3) is 4.04. The molecular formula is C12H11Cl2NO5. The summed E-state index contributed by atoms with van der Waals surface area (Å²) in [6.07, 6.45) is 0.917. The van der Waals surface area contributed by atoms with Crippen LogP contribution in [0.3, 0.4) is 0 Å². The summed E-state index contributed by atoms with van der Waals surface area (Å²) in [7, 11) is 2.33. The lowest BCUT2D eigenvalue weighted by Gasteiger charge is -2.10. The molecule has 0 amide bonds. The predicted molar refractivity (Wildman–Crippen MR) is 73.9 cm³/mol. The Kier molecular flexibility index (Phi) is 5.66. The molecule has 0 atom stereocenters. The van der Waals surface area contributed by atoms with Gasteiger partial charge in [0.05, 0.1) is 30.3 Å². The Morgan fingerprint density at radius 1 is 1.20 bits per heavy atom. The molecule has 0 saturated heterocycles. The lowest BCUT2D eigenvalue weighted by Crippen LogP contribution is -2.15. The second kappa shape index (κ2) is 7.02. The number of methoxy groups -OCH3 is 2. The van der Waals surface area contributed by atoms with E-state index in [0.717, 1.165) is 13.2 Å². The van der Waals surface area contributed by atoms with Crippen molar-refractivity contribution in [2.24, 2.45) is 0 Å². The summed E-state index contributed by atoms with van der Waals surface area (Å²) >= 11 is 11.5. The van der Waals surface area contributed by atoms with Gasteiger partial charge in [-0.2, -0.15) is 0 Å². The number of anilines is 1. The zero-order valence-corrected chi connectivity index (χ0v) is 12.1. The fraction of sp³-hybridized carbons (Fsp3) is 0.167. The first-order valence-electron chi connectivity index (χ1n) is 5.22. The van der Waals surface area contributed by atoms with Crippen molar-refractivity contribution >= 4 is 40.8 Å². The van der Waals surface area contributed by atoms with Crippen molar-refractivity contribution in [1.82, 2.24) is 0 Å². The fourth-order valence-electron chi connectivity index (χ4n) is 1.23. The van der Waals surface area contributed by atoms with E-state index in [9.17, 15) is 14.7 Å². The van der Waals surface area contributed by atoms with Gasteiger partial charge in [-0.1, -0.05) is 23.2 Å². The molecule has 0 unspecified atom stereocenters. The average Bonchev–Trinajstić information content (AvgIpc) is 2.42. The highest BCUT2D eigenvalue weighted by Gasteiger charge is 2.14. The molecule has 0 radical (unpaired) electrons. The van der Waals surface area contributed by atoms with Crippen LogP contribution in [0, 0.1) is 0 Å². The number of halogens is 2. The highest BCUT2D eigenvalue weighted by atomic mass is 35.5. The number of phenols is 1. The van der Waals surface area contributed by atoms with E-state index in [-0.39, 0.29) is 21.5 Å². The number of benzene rings is 1. The van der Waals surface area contributed by atoms with Crippen LogP contribution < -0.4 is 5.32 Å². The van der Waals surface area contributed by atoms with Gasteiger partial charge in [0.15, 0.2) is 5.75 Å². The van der Waals surface area contributed by atoms with Crippen LogP contribution in [0.25, 0.3) is 0 Å². The summed E-state index contributed by atoms with van der Waals surface area (Å²) in [5, 5.41) is 12.0. The molecule has 0 bridgehead atoms. The van der Waals surface area contributed by atoms with E-state index >= 15 is 0 Å². The van der Waals surface area contributed by atoms with Gasteiger partial charge in [-0.05, 0) is 12.1 Å². The maximum absolute atomic E-state index is 11.5. The Morgan fingerprint density at radius 3 is 2.20 bits per heavy atom. The van der Waals surface area contributed by atoms with E-state index in [4.69, 9.17) is 23.2 Å². The number of aromatic hydroxyl groups is 1. The SMILES string of the molecule is COC(=O)/C=C(/Nc1cc(Cl)c(O)c(Cl)c1)C(=O)OC. The van der Waals surface area contributed by atoms with E-state index in [0.29, 0.717) is 5.69 Å². The third-order valence-corrected chi connectivity index (χ3v) is 2.74. The molecule has 0 aromatic heterocycles. The first-order chi connectivity index (χ1) is 9.38. The van der Waals surface area contributed by atoms with Gasteiger partial charge in [0.25, 0.3) is 0 Å². The van der Waals surface area contributed by atoms with E-state index in [1.807, 2.05) is 0 Å². The van der Waals surface area contributed by atoms with Crippen molar-refractivity contribution in [3.8, 4) is 5.75 Å². The minimum atomic E-state index is -0.782. The largest absolute Gasteiger partial charge is 0.505 e. The molecule has 0 aliphatic rings. The van der Waals surface area contributed by atoms with Crippen LogP contribution in [-0.4, -0.2) is 31.3 Å². The van der Waals surface area contributed by atoms with Crippen LogP contribution in [0.5, 0.6) is 5.75 Å². The van der Waals surface area contributed by atoms with Gasteiger partial charge in [-0.25, -0.2) is 9.59 Å². The normalized spacial score (nSPS) is 10.9. The molecule has 108 valence electrons. The van der Waals surface area contributed by atoms with Gasteiger partial charge in [-0.15, -0.1) is 0 Å². The molecule has 1 aromatic rings. The molecule has 1 rings (SSSR count). The van der Waals surface area contributed by atoms with Crippen molar-refractivity contribution in [2.75, 3.05) is 19.5 Å². The summed E-state index contributed by atoms with van der Waals surface area (Å²) < 4.78 is 8.95. The quantitative estimate of drug-likeness (QED) is 0.503. The standard InChI is InChI=1S/C12H11Cl2NO5/c1-19-10(16)5-9(12(18)20-2)15-6-3-7(13)11(17)8(14)4-6/h3-5,15,17H,1-2H3/b9-5+. The summed E-state index contributed by atoms with van der Waals surface area (Å²) in [5.41, 5.74) is 0.121. The molecule has 8 heteroatoms. The Bertz CT molecular complexity index is 548. The van der Waals surface area contributed by atoms with Crippen LogP contribution >= 0.6 is 23.2 Å². The molecule has 20 heavy (non-hydrogen) atoms. The maximum atomic E-state index is 11.5. The van der Waals surface area contributed by atoms with Crippen LogP contribution in [0.15, 0.2) is 23.9 Å². The molecule has 0 heterocycles. The van der Waals surface area contributed by atoms with Crippen LogP contribution in [0.4, 0.5) is 5.69 Å². The Labute approximate surface area is 124 Å². The second-order valence-electron chi connectivity index (χ2n) is 3.49. The van der Waals surface area contributed by atoms with Gasteiger partial charge < -0.3 is 19.9 Å². The van der Waals surface area contributed by atoms with Crippen molar-refractivity contribution in [2.45, 2.75) is 0 Å². The molecule has 0 spiro atoms. The highest BCUT2D eigenvalue weighted by molar-refractivity contribution is 6.37. The summed E-state index contributed by atoms with van der Waals surface area (Å²) in [5.74, 6) is -1.81. The molecule has 6 nitrogen and oxygen atoms in total. The number of phenolic OH excluding ortho intramolecular Hbond substituents is 1. The van der Waals surface area contributed by atoms with Crippen molar-refractivity contribution in [3.05, 3.63) is 34.0 Å². The Morgan fingerprint density at radius 2 is 1.75 bits per heavy atom. The van der Waals surface area contributed by atoms with E-state index < -0.39 is 11.9 Å². The van der Waals surface area contributed by atoms with Gasteiger partial charge in [-0.3, -0.25) is 0 Å². The zero-order valence-electron chi connectivity index (χ0n) is 10.6. The number of carbonyl (C=O) groups is 2. The molecule has 0 fully saturated rings. The zero-order chi connectivity index (χ0) is 15.3. The third-order valence-electron chi connectivity index (χ3n) is 2.16. The lowest BCUT2D eigenvalue weighted by atomic mass is 10.2. The molecular weight excluding hydrogens is 309 g/mol. The van der Waals surface area contributed by atoms with E-state index in [1.54, 1.807) is 0 Å². The van der Waals surface area contributed by atoms with Gasteiger partial charge in [0.1, 0.15) is 5.70 Å². The summed E-state index contributed by atoms with van der Waals surface area (Å²) in [6, 6.07) is 2.66. The number of hydrogen-bond acceptors (Lipinski definition) is 6. The van der Waals surface area contributed by atoms with Crippen LogP contribution in [0.2, 0.25) is 10.0 Å². The first-order valence-corrected chi connectivity index (χ1v) is 5.97. The second-order valence-corrected chi connectivity index (χ2v) is 4.30. The van der Waals surface area contributed by atoms with E-state index in [2.05, 4.69) is 14.8 Å². The molecule has 0 aliphatic heterocycles. The topological polar surface area (TPSA) is 84.9 Å². The first kappa shape index (κ1) is 16.1. The number of esters is 2. The van der Waals surface area contributed by atoms with Crippen molar-refractivity contribution in [3.63, 3.8) is 0 Å². The summed E-state index contributed by atoms with van der Waals surface area (Å²) in [6.45, 7) is 0. The maximum Gasteiger partial charge on any atom is 0.354 e. The number of rotatable bonds is 4. The average molecular weight is 320 g/mol. The van der Waals surface area contributed by atoms with Crippen molar-refractivity contribution in [1.29, 1.82) is 0 Å². The highest BCUT2D eigenvalue weighted by Crippen LogP contribution is 2.35. The monoisotopic (exact) mass is 319 g/mol. The van der Waals surface area contributed by atoms with Gasteiger partial charge in [0, 0.05) is 5.69 Å². The van der Waals surface area contributed by atoms with Crippen LogP contribution in [-0.2, 0) is 19.1 Å². The fourth-order valence-corrected chi connectivity index (χ4v) is 1.71. The predicted octanol–water partition coefficient (Wildman–Crippen LogP) is 2.34.